The van der Waals surface area contributed by atoms with Crippen molar-refractivity contribution in [3.05, 3.63) is 56.5 Å². The van der Waals surface area contributed by atoms with Crippen LogP contribution in [0, 0.1) is 17.5 Å². The summed E-state index contributed by atoms with van der Waals surface area (Å²) in [5.74, 6) is -4.11. The molecule has 0 aliphatic heterocycles. The summed E-state index contributed by atoms with van der Waals surface area (Å²) in [4.78, 5) is 13.8. The summed E-state index contributed by atoms with van der Waals surface area (Å²) in [5.41, 5.74) is 0.704. The average Bonchev–Trinajstić information content (AvgIpc) is 2.86. The normalized spacial score (nSPS) is 14.2. The van der Waals surface area contributed by atoms with Gasteiger partial charge in [0.1, 0.15) is 5.82 Å². The molecule has 104 valence electrons. The van der Waals surface area contributed by atoms with Gasteiger partial charge in [-0.05, 0) is 43.4 Å². The van der Waals surface area contributed by atoms with Crippen LogP contribution in [0.4, 0.5) is 13.2 Å². The van der Waals surface area contributed by atoms with E-state index in [1.165, 1.54) is 11.3 Å². The van der Waals surface area contributed by atoms with Gasteiger partial charge in [-0.25, -0.2) is 13.2 Å². The maximum atomic E-state index is 13.6. The molecule has 1 heterocycles. The minimum Gasteiger partial charge on any atom is -0.288 e. The van der Waals surface area contributed by atoms with Gasteiger partial charge in [-0.3, -0.25) is 4.79 Å². The molecular weight excluding hydrogens is 285 g/mol. The molecule has 0 unspecified atom stereocenters. The van der Waals surface area contributed by atoms with E-state index in [-0.39, 0.29) is 0 Å². The number of thiophene rings is 1. The molecule has 0 bridgehead atoms. The van der Waals surface area contributed by atoms with Crippen molar-refractivity contribution in [1.29, 1.82) is 0 Å². The van der Waals surface area contributed by atoms with Gasteiger partial charge >= 0.3 is 0 Å². The maximum Gasteiger partial charge on any atom is 0.206 e. The monoisotopic (exact) mass is 296 g/mol. The molecule has 0 atom stereocenters. The van der Waals surface area contributed by atoms with Crippen molar-refractivity contribution in [2.24, 2.45) is 0 Å². The van der Waals surface area contributed by atoms with Crippen molar-refractivity contribution < 1.29 is 18.0 Å². The summed E-state index contributed by atoms with van der Waals surface area (Å²) in [5, 5.41) is 0. The lowest BCUT2D eigenvalue weighted by molar-refractivity contribution is 0.103. The van der Waals surface area contributed by atoms with E-state index in [4.69, 9.17) is 0 Å². The van der Waals surface area contributed by atoms with Crippen molar-refractivity contribution in [2.45, 2.75) is 25.7 Å². The molecular formula is C15H11F3OS. The van der Waals surface area contributed by atoms with Crippen LogP contribution in [0.25, 0.3) is 0 Å². The summed E-state index contributed by atoms with van der Waals surface area (Å²) >= 11 is 1.32. The second kappa shape index (κ2) is 5.05. The predicted octanol–water partition coefficient (Wildman–Crippen LogP) is 4.28. The first kappa shape index (κ1) is 13.4. The highest BCUT2D eigenvalue weighted by Crippen LogP contribution is 2.31. The first-order valence-corrected chi connectivity index (χ1v) is 7.18. The lowest BCUT2D eigenvalue weighted by Crippen LogP contribution is -2.04. The van der Waals surface area contributed by atoms with Crippen molar-refractivity contribution in [2.75, 3.05) is 0 Å². The Labute approximate surface area is 118 Å². The van der Waals surface area contributed by atoms with Crippen LogP contribution in [0.5, 0.6) is 0 Å². The maximum absolute atomic E-state index is 13.6. The second-order valence-electron chi connectivity index (χ2n) is 4.84. The predicted molar refractivity (Wildman–Crippen MR) is 70.7 cm³/mol. The Kier molecular flexibility index (Phi) is 3.38. The van der Waals surface area contributed by atoms with Crippen LogP contribution >= 0.6 is 11.3 Å². The Morgan fingerprint density at radius 3 is 2.40 bits per heavy atom. The van der Waals surface area contributed by atoms with Gasteiger partial charge in [0.15, 0.2) is 11.6 Å². The van der Waals surface area contributed by atoms with E-state index in [1.54, 1.807) is 6.07 Å². The van der Waals surface area contributed by atoms with E-state index < -0.39 is 28.8 Å². The third-order valence-electron chi connectivity index (χ3n) is 3.47. The summed E-state index contributed by atoms with van der Waals surface area (Å²) < 4.78 is 39.7. The van der Waals surface area contributed by atoms with E-state index in [0.717, 1.165) is 36.1 Å². The Morgan fingerprint density at radius 2 is 1.65 bits per heavy atom. The number of fused-ring (bicyclic) bond motifs is 1. The number of ketones is 1. The molecule has 1 nitrogen and oxygen atoms in total. The molecule has 0 spiro atoms. The van der Waals surface area contributed by atoms with Crippen LogP contribution in [0.2, 0.25) is 0 Å². The molecule has 0 saturated carbocycles. The molecule has 0 fully saturated rings. The van der Waals surface area contributed by atoms with Crippen LogP contribution in [0.1, 0.15) is 38.5 Å². The van der Waals surface area contributed by atoms with E-state index in [0.29, 0.717) is 17.0 Å². The summed E-state index contributed by atoms with van der Waals surface area (Å²) in [6.45, 7) is 0. The standard InChI is InChI=1S/C15H11F3OS/c16-10-7-12(18)11(17)6-9(10)15(19)14-5-8-3-1-2-4-13(8)20-14/h5-7H,1-4H2. The van der Waals surface area contributed by atoms with Gasteiger partial charge in [0.05, 0.1) is 10.4 Å². The molecule has 3 rings (SSSR count). The summed E-state index contributed by atoms with van der Waals surface area (Å²) in [6, 6.07) is 2.80. The van der Waals surface area contributed by atoms with Crippen molar-refractivity contribution >= 4 is 17.1 Å². The van der Waals surface area contributed by atoms with E-state index in [1.807, 2.05) is 0 Å². The van der Waals surface area contributed by atoms with Crippen molar-refractivity contribution in [1.82, 2.24) is 0 Å². The van der Waals surface area contributed by atoms with Gasteiger partial charge in [0, 0.05) is 10.9 Å². The van der Waals surface area contributed by atoms with E-state index in [9.17, 15) is 18.0 Å². The molecule has 1 aromatic carbocycles. The lowest BCUT2D eigenvalue weighted by atomic mass is 9.98. The van der Waals surface area contributed by atoms with Crippen molar-refractivity contribution in [3.63, 3.8) is 0 Å². The number of halogens is 3. The molecule has 0 amide bonds. The quantitative estimate of drug-likeness (QED) is 0.597. The smallest absolute Gasteiger partial charge is 0.206 e. The van der Waals surface area contributed by atoms with Gasteiger partial charge in [-0.1, -0.05) is 0 Å². The topological polar surface area (TPSA) is 17.1 Å². The molecule has 20 heavy (non-hydrogen) atoms. The van der Waals surface area contributed by atoms with Gasteiger partial charge in [-0.2, -0.15) is 0 Å². The number of carbonyl (C=O) groups is 1. The van der Waals surface area contributed by atoms with Crippen LogP contribution in [0.3, 0.4) is 0 Å². The number of hydrogen-bond donors (Lipinski definition) is 0. The zero-order chi connectivity index (χ0) is 14.3. The van der Waals surface area contributed by atoms with Crippen LogP contribution in [0.15, 0.2) is 18.2 Å². The highest BCUT2D eigenvalue weighted by atomic mass is 32.1. The number of carbonyl (C=O) groups excluding carboxylic acids is 1. The number of rotatable bonds is 2. The van der Waals surface area contributed by atoms with Crippen molar-refractivity contribution in [3.8, 4) is 0 Å². The Morgan fingerprint density at radius 1 is 0.950 bits per heavy atom. The Bertz CT molecular complexity index is 667. The zero-order valence-electron chi connectivity index (χ0n) is 10.5. The first-order chi connectivity index (χ1) is 9.56. The summed E-state index contributed by atoms with van der Waals surface area (Å²) in [7, 11) is 0. The first-order valence-electron chi connectivity index (χ1n) is 6.37. The molecule has 1 aliphatic carbocycles. The molecule has 5 heteroatoms. The third kappa shape index (κ3) is 2.26. The fraction of sp³-hybridized carbons (Fsp3) is 0.267. The fourth-order valence-electron chi connectivity index (χ4n) is 2.43. The minimum absolute atomic E-state index is 0.391. The van der Waals surface area contributed by atoms with E-state index >= 15 is 0 Å². The largest absolute Gasteiger partial charge is 0.288 e. The highest BCUT2D eigenvalue weighted by molar-refractivity contribution is 7.14. The zero-order valence-corrected chi connectivity index (χ0v) is 11.3. The molecule has 0 radical (unpaired) electrons. The Hall–Kier alpha value is -1.62. The van der Waals surface area contributed by atoms with Gasteiger partial charge in [-0.15, -0.1) is 11.3 Å². The van der Waals surface area contributed by atoms with E-state index in [2.05, 4.69) is 0 Å². The SMILES string of the molecule is O=C(c1cc2c(s1)CCCC2)c1cc(F)c(F)cc1F. The van der Waals surface area contributed by atoms with Gasteiger partial charge < -0.3 is 0 Å². The lowest BCUT2D eigenvalue weighted by Gasteiger charge is -2.08. The molecule has 1 aliphatic rings. The molecule has 2 aromatic rings. The van der Waals surface area contributed by atoms with Crippen LogP contribution in [-0.4, -0.2) is 5.78 Å². The number of aryl methyl sites for hydroxylation is 2. The third-order valence-corrected chi connectivity index (χ3v) is 4.71. The minimum atomic E-state index is -1.29. The molecule has 1 aromatic heterocycles. The van der Waals surface area contributed by atoms with Crippen LogP contribution in [-0.2, 0) is 12.8 Å². The second-order valence-corrected chi connectivity index (χ2v) is 5.98. The highest BCUT2D eigenvalue weighted by Gasteiger charge is 2.22. The molecule has 0 N–H and O–H groups in total. The fourth-order valence-corrected chi connectivity index (χ4v) is 3.64. The van der Waals surface area contributed by atoms with Crippen LogP contribution < -0.4 is 0 Å². The molecule has 0 saturated heterocycles. The number of hydrogen-bond acceptors (Lipinski definition) is 2. The summed E-state index contributed by atoms with van der Waals surface area (Å²) in [6.07, 6.45) is 4.00. The Balaban J connectivity index is 2.00. The number of benzene rings is 1. The van der Waals surface area contributed by atoms with Gasteiger partial charge in [0.2, 0.25) is 5.78 Å². The van der Waals surface area contributed by atoms with Gasteiger partial charge in [0.25, 0.3) is 0 Å². The average molecular weight is 296 g/mol.